The number of benzene rings is 3. The van der Waals surface area contributed by atoms with E-state index in [1.807, 2.05) is 18.3 Å². The minimum absolute atomic E-state index is 0.949. The van der Waals surface area contributed by atoms with E-state index >= 15 is 0 Å². The van der Waals surface area contributed by atoms with Crippen molar-refractivity contribution < 1.29 is 0 Å². The van der Waals surface area contributed by atoms with Crippen molar-refractivity contribution in [1.82, 2.24) is 23.5 Å². The highest BCUT2D eigenvalue weighted by Gasteiger charge is 2.18. The Kier molecular flexibility index (Phi) is 3.60. The molecule has 35 heavy (non-hydrogen) atoms. The van der Waals surface area contributed by atoms with Crippen molar-refractivity contribution in [2.24, 2.45) is 0 Å². The van der Waals surface area contributed by atoms with E-state index in [4.69, 9.17) is 9.97 Å². The molecule has 164 valence electrons. The van der Waals surface area contributed by atoms with Gasteiger partial charge in [-0.1, -0.05) is 42.5 Å². The molecule has 0 N–H and O–H groups in total. The molecule has 3 aromatic carbocycles. The first-order valence-corrected chi connectivity index (χ1v) is 11.7. The average Bonchev–Trinajstić information content (AvgIpc) is 3.56. The van der Waals surface area contributed by atoms with E-state index in [0.717, 1.165) is 55.6 Å². The van der Waals surface area contributed by atoms with Gasteiger partial charge in [0.1, 0.15) is 16.8 Å². The average molecular weight is 450 g/mol. The molecule has 0 aliphatic rings. The van der Waals surface area contributed by atoms with Crippen LogP contribution in [-0.2, 0) is 0 Å². The van der Waals surface area contributed by atoms with Gasteiger partial charge in [-0.25, -0.2) is 9.97 Å². The van der Waals surface area contributed by atoms with Gasteiger partial charge in [0.15, 0.2) is 5.65 Å². The summed E-state index contributed by atoms with van der Waals surface area (Å²) in [6.07, 6.45) is 3.94. The maximum absolute atomic E-state index is 4.95. The zero-order chi connectivity index (χ0) is 22.9. The van der Waals surface area contributed by atoms with Gasteiger partial charge < -0.3 is 0 Å². The largest absolute Gasteiger partial charge is 0.294 e. The van der Waals surface area contributed by atoms with Gasteiger partial charge in [-0.3, -0.25) is 13.5 Å². The Labute approximate surface area is 200 Å². The standard InChI is InChI=1S/C30H19N5/c1-3-11-25-22(8-1)23-10-7-18-31-29(23)34(25)20-14-16-21(17-15-20)35-26-12-4-2-9-24(26)28-30(35)33-19-6-5-13-27(33)32-28/h1-19H. The molecule has 8 aromatic rings. The second-order valence-electron chi connectivity index (χ2n) is 8.81. The topological polar surface area (TPSA) is 40.0 Å². The smallest absolute Gasteiger partial charge is 0.150 e. The van der Waals surface area contributed by atoms with Crippen molar-refractivity contribution >= 4 is 49.7 Å². The molecule has 0 unspecified atom stereocenters. The normalized spacial score (nSPS) is 12.0. The van der Waals surface area contributed by atoms with Gasteiger partial charge in [0.2, 0.25) is 0 Å². The van der Waals surface area contributed by atoms with Gasteiger partial charge in [0, 0.05) is 39.9 Å². The molecule has 0 amide bonds. The first-order valence-electron chi connectivity index (χ1n) is 11.7. The van der Waals surface area contributed by atoms with E-state index in [-0.39, 0.29) is 0 Å². The second-order valence-corrected chi connectivity index (χ2v) is 8.81. The molecule has 5 heterocycles. The SMILES string of the molecule is c1ccc2c(c1)c1cccnc1n2-c1ccc(-n2c3ccccc3c3nc4ccccn4c32)cc1. The van der Waals surface area contributed by atoms with Crippen LogP contribution in [0.15, 0.2) is 116 Å². The van der Waals surface area contributed by atoms with Crippen LogP contribution in [0.5, 0.6) is 0 Å². The number of hydrogen-bond donors (Lipinski definition) is 0. The molecule has 5 aromatic heterocycles. The molecule has 0 aliphatic carbocycles. The monoisotopic (exact) mass is 449 g/mol. The molecular weight excluding hydrogens is 430 g/mol. The lowest BCUT2D eigenvalue weighted by molar-refractivity contribution is 1.08. The molecule has 5 nitrogen and oxygen atoms in total. The van der Waals surface area contributed by atoms with Crippen LogP contribution in [0.3, 0.4) is 0 Å². The fourth-order valence-electron chi connectivity index (χ4n) is 5.43. The van der Waals surface area contributed by atoms with Crippen LogP contribution >= 0.6 is 0 Å². The second kappa shape index (κ2) is 6.81. The molecular formula is C30H19N5. The molecule has 0 fully saturated rings. The van der Waals surface area contributed by atoms with E-state index in [1.54, 1.807) is 0 Å². The number of pyridine rings is 2. The van der Waals surface area contributed by atoms with Gasteiger partial charge in [-0.2, -0.15) is 0 Å². The summed E-state index contributed by atoms with van der Waals surface area (Å²) in [7, 11) is 0. The Balaban J connectivity index is 1.39. The lowest BCUT2D eigenvalue weighted by Crippen LogP contribution is -1.99. The van der Waals surface area contributed by atoms with Gasteiger partial charge in [-0.05, 0) is 60.7 Å². The Morgan fingerprint density at radius 2 is 1.20 bits per heavy atom. The van der Waals surface area contributed by atoms with Crippen LogP contribution in [0.4, 0.5) is 0 Å². The predicted octanol–water partition coefficient (Wildman–Crippen LogP) is 6.92. The highest BCUT2D eigenvalue weighted by Crippen LogP contribution is 2.34. The van der Waals surface area contributed by atoms with Crippen molar-refractivity contribution in [3.63, 3.8) is 0 Å². The summed E-state index contributed by atoms with van der Waals surface area (Å²) in [5, 5.41) is 3.53. The van der Waals surface area contributed by atoms with Gasteiger partial charge in [0.25, 0.3) is 0 Å². The Morgan fingerprint density at radius 1 is 0.543 bits per heavy atom. The number of fused-ring (bicyclic) bond motifs is 8. The van der Waals surface area contributed by atoms with Crippen molar-refractivity contribution in [3.8, 4) is 11.4 Å². The van der Waals surface area contributed by atoms with Crippen molar-refractivity contribution in [2.75, 3.05) is 0 Å². The van der Waals surface area contributed by atoms with Gasteiger partial charge in [0.05, 0.1) is 11.0 Å². The highest BCUT2D eigenvalue weighted by molar-refractivity contribution is 6.08. The van der Waals surface area contributed by atoms with E-state index in [2.05, 4.69) is 111 Å². The van der Waals surface area contributed by atoms with Crippen LogP contribution < -0.4 is 0 Å². The number of imidazole rings is 1. The van der Waals surface area contributed by atoms with Gasteiger partial charge >= 0.3 is 0 Å². The van der Waals surface area contributed by atoms with Crippen LogP contribution in [0.1, 0.15) is 0 Å². The number of rotatable bonds is 2. The molecule has 0 aliphatic heterocycles. The summed E-state index contributed by atoms with van der Waals surface area (Å²) in [6, 6.07) is 36.0. The Morgan fingerprint density at radius 3 is 2.03 bits per heavy atom. The van der Waals surface area contributed by atoms with Crippen molar-refractivity contribution in [1.29, 1.82) is 0 Å². The summed E-state index contributed by atoms with van der Waals surface area (Å²) in [5.74, 6) is 0. The summed E-state index contributed by atoms with van der Waals surface area (Å²) in [5.41, 5.74) is 8.50. The molecule has 0 bridgehead atoms. The van der Waals surface area contributed by atoms with E-state index in [9.17, 15) is 0 Å². The Hall–Kier alpha value is -4.90. The van der Waals surface area contributed by atoms with Crippen LogP contribution in [0.2, 0.25) is 0 Å². The lowest BCUT2D eigenvalue weighted by atomic mass is 10.2. The highest BCUT2D eigenvalue weighted by atomic mass is 15.1. The predicted molar refractivity (Wildman–Crippen MR) is 142 cm³/mol. The van der Waals surface area contributed by atoms with Crippen LogP contribution in [0, 0.1) is 0 Å². The molecule has 0 saturated carbocycles. The Bertz CT molecular complexity index is 2000. The maximum atomic E-state index is 4.95. The summed E-state index contributed by atoms with van der Waals surface area (Å²) < 4.78 is 6.71. The zero-order valence-electron chi connectivity index (χ0n) is 18.7. The summed E-state index contributed by atoms with van der Waals surface area (Å²) in [4.78, 5) is 9.67. The quantitative estimate of drug-likeness (QED) is 0.287. The third-order valence-corrected chi connectivity index (χ3v) is 6.92. The minimum Gasteiger partial charge on any atom is -0.294 e. The number of hydrogen-bond acceptors (Lipinski definition) is 2. The van der Waals surface area contributed by atoms with Crippen molar-refractivity contribution in [3.05, 3.63) is 116 Å². The minimum atomic E-state index is 0.949. The fourth-order valence-corrected chi connectivity index (χ4v) is 5.43. The van der Waals surface area contributed by atoms with E-state index in [0.29, 0.717) is 0 Å². The van der Waals surface area contributed by atoms with Crippen LogP contribution in [-0.4, -0.2) is 23.5 Å². The fraction of sp³-hybridized carbons (Fsp3) is 0. The lowest BCUT2D eigenvalue weighted by Gasteiger charge is -2.11. The zero-order valence-corrected chi connectivity index (χ0v) is 18.7. The first-order chi connectivity index (χ1) is 17.4. The van der Waals surface area contributed by atoms with E-state index in [1.165, 1.54) is 5.39 Å². The van der Waals surface area contributed by atoms with Crippen molar-refractivity contribution in [2.45, 2.75) is 0 Å². The van der Waals surface area contributed by atoms with E-state index < -0.39 is 0 Å². The molecule has 5 heteroatoms. The number of nitrogens with zero attached hydrogens (tertiary/aromatic N) is 5. The summed E-state index contributed by atoms with van der Waals surface area (Å²) in [6.45, 7) is 0. The third-order valence-electron chi connectivity index (χ3n) is 6.92. The first kappa shape index (κ1) is 18.5. The molecule has 0 saturated heterocycles. The van der Waals surface area contributed by atoms with Gasteiger partial charge in [-0.15, -0.1) is 0 Å². The molecule has 0 radical (unpaired) electrons. The third kappa shape index (κ3) is 2.47. The maximum Gasteiger partial charge on any atom is 0.150 e. The molecule has 8 rings (SSSR count). The molecule has 0 atom stereocenters. The summed E-state index contributed by atoms with van der Waals surface area (Å²) >= 11 is 0. The molecule has 0 spiro atoms. The number of aromatic nitrogens is 5. The van der Waals surface area contributed by atoms with Crippen LogP contribution in [0.25, 0.3) is 61.0 Å². The number of para-hydroxylation sites is 2.